The van der Waals surface area contributed by atoms with Gasteiger partial charge in [0.05, 0.1) is 0 Å². The summed E-state index contributed by atoms with van der Waals surface area (Å²) in [5.74, 6) is 2.40. The minimum Gasteiger partial charge on any atom is -0.323 e. The van der Waals surface area contributed by atoms with E-state index in [1.54, 1.807) is 0 Å². The monoisotopic (exact) mass is 164 g/mol. The molecule has 0 saturated heterocycles. The number of ether oxygens (including phenoxy) is 3. The smallest absolute Gasteiger partial charge is 0.323 e. The molecular weight excluding hydrogens is 152 g/mol. The van der Waals surface area contributed by atoms with Gasteiger partial charge in [0.25, 0.3) is 0 Å². The maximum atomic E-state index is 10.9. The minimum absolute atomic E-state index is 0.704. The zero-order valence-electron chi connectivity index (χ0n) is 6.71. The number of carbonyl (C=O) groups is 1. The van der Waals surface area contributed by atoms with E-state index in [1.807, 2.05) is 5.43 Å². The highest BCUT2D eigenvalue weighted by atomic mass is 16.9. The van der Waals surface area contributed by atoms with Gasteiger partial charge in [-0.3, -0.25) is 10.2 Å². The Labute approximate surface area is 64.6 Å². The largest absolute Gasteiger partial charge is 0.368 e. The van der Waals surface area contributed by atoms with Gasteiger partial charge in [0.1, 0.15) is 0 Å². The molecule has 0 spiro atoms. The van der Waals surface area contributed by atoms with Crippen molar-refractivity contribution in [1.82, 2.24) is 5.43 Å². The van der Waals surface area contributed by atoms with Gasteiger partial charge in [-0.1, -0.05) is 0 Å². The fraction of sp³-hybridized carbons (Fsp3) is 0.800. The van der Waals surface area contributed by atoms with Crippen LogP contribution in [0.25, 0.3) is 0 Å². The van der Waals surface area contributed by atoms with Crippen LogP contribution in [0.4, 0.5) is 0 Å². The Balaban J connectivity index is 4.39. The molecule has 0 aromatic rings. The molecule has 0 unspecified atom stereocenters. The quantitative estimate of drug-likeness (QED) is 0.230. The first-order valence-electron chi connectivity index (χ1n) is 2.83. The van der Waals surface area contributed by atoms with Crippen LogP contribution in [0.5, 0.6) is 0 Å². The van der Waals surface area contributed by atoms with Crippen LogP contribution in [0.2, 0.25) is 0 Å². The summed E-state index contributed by atoms with van der Waals surface area (Å²) < 4.78 is 14.0. The van der Waals surface area contributed by atoms with Crippen molar-refractivity contribution in [2.75, 3.05) is 21.3 Å². The van der Waals surface area contributed by atoms with Gasteiger partial charge < -0.3 is 14.2 Å². The molecule has 1 amide bonds. The second-order valence-electron chi connectivity index (χ2n) is 1.64. The van der Waals surface area contributed by atoms with Crippen LogP contribution >= 0.6 is 0 Å². The molecule has 0 fully saturated rings. The molecule has 0 bridgehead atoms. The summed E-state index contributed by atoms with van der Waals surface area (Å²) in [6.45, 7) is 0. The van der Waals surface area contributed by atoms with Crippen LogP contribution in [0.1, 0.15) is 0 Å². The molecule has 0 atom stereocenters. The van der Waals surface area contributed by atoms with Gasteiger partial charge in [-0.05, 0) is 0 Å². The first kappa shape index (κ1) is 10.3. The predicted octanol–water partition coefficient (Wildman–Crippen LogP) is -1.43. The molecule has 0 aromatic carbocycles. The van der Waals surface area contributed by atoms with Crippen LogP contribution in [0, 0.1) is 0 Å². The fourth-order valence-corrected chi connectivity index (χ4v) is 0.616. The Morgan fingerprint density at radius 2 is 1.64 bits per heavy atom. The maximum absolute atomic E-state index is 10.9. The van der Waals surface area contributed by atoms with Crippen LogP contribution in [0.3, 0.4) is 0 Å². The highest BCUT2D eigenvalue weighted by Crippen LogP contribution is 2.10. The third kappa shape index (κ3) is 1.87. The normalized spacial score (nSPS) is 11.3. The summed E-state index contributed by atoms with van der Waals surface area (Å²) in [6, 6.07) is 0. The molecule has 11 heavy (non-hydrogen) atoms. The lowest BCUT2D eigenvalue weighted by atomic mass is 10.5. The number of rotatable bonds is 4. The lowest BCUT2D eigenvalue weighted by Gasteiger charge is -2.25. The van der Waals surface area contributed by atoms with Crippen molar-refractivity contribution in [1.29, 1.82) is 0 Å². The molecule has 0 aliphatic heterocycles. The van der Waals surface area contributed by atoms with Crippen LogP contribution in [-0.4, -0.2) is 33.2 Å². The van der Waals surface area contributed by atoms with Gasteiger partial charge in [-0.25, -0.2) is 5.84 Å². The van der Waals surface area contributed by atoms with Crippen molar-refractivity contribution in [2.45, 2.75) is 5.97 Å². The predicted molar refractivity (Wildman–Crippen MR) is 36.1 cm³/mol. The number of hydrogen-bond acceptors (Lipinski definition) is 5. The van der Waals surface area contributed by atoms with Gasteiger partial charge >= 0.3 is 11.9 Å². The van der Waals surface area contributed by atoms with E-state index >= 15 is 0 Å². The number of methoxy groups -OCH3 is 3. The van der Waals surface area contributed by atoms with Crippen molar-refractivity contribution in [2.24, 2.45) is 5.84 Å². The number of nitrogens with one attached hydrogen (secondary N) is 1. The van der Waals surface area contributed by atoms with Gasteiger partial charge in [0, 0.05) is 21.3 Å². The van der Waals surface area contributed by atoms with Crippen molar-refractivity contribution in [3.05, 3.63) is 0 Å². The second-order valence-corrected chi connectivity index (χ2v) is 1.64. The van der Waals surface area contributed by atoms with Gasteiger partial charge in [0.2, 0.25) is 0 Å². The number of amides is 1. The third-order valence-electron chi connectivity index (χ3n) is 1.22. The number of hydrogen-bond donors (Lipinski definition) is 2. The molecule has 0 radical (unpaired) electrons. The van der Waals surface area contributed by atoms with Crippen molar-refractivity contribution >= 4 is 5.91 Å². The summed E-state index contributed by atoms with van der Waals surface area (Å²) in [6.07, 6.45) is 0. The molecule has 6 nitrogen and oxygen atoms in total. The first-order valence-corrected chi connectivity index (χ1v) is 2.83. The average Bonchev–Trinajstić information content (AvgIpc) is 2.08. The van der Waals surface area contributed by atoms with E-state index in [-0.39, 0.29) is 0 Å². The Hall–Kier alpha value is -0.690. The van der Waals surface area contributed by atoms with E-state index in [9.17, 15) is 4.79 Å². The van der Waals surface area contributed by atoms with E-state index < -0.39 is 11.9 Å². The Morgan fingerprint density at radius 1 is 1.27 bits per heavy atom. The van der Waals surface area contributed by atoms with E-state index in [2.05, 4.69) is 14.2 Å². The molecule has 0 aliphatic carbocycles. The van der Waals surface area contributed by atoms with E-state index in [4.69, 9.17) is 5.84 Å². The van der Waals surface area contributed by atoms with Crippen molar-refractivity contribution in [3.63, 3.8) is 0 Å². The number of hydrazine groups is 1. The summed E-state index contributed by atoms with van der Waals surface area (Å²) in [5, 5.41) is 0. The van der Waals surface area contributed by atoms with Gasteiger partial charge in [0.15, 0.2) is 0 Å². The highest BCUT2D eigenvalue weighted by molar-refractivity contribution is 5.81. The van der Waals surface area contributed by atoms with Crippen LogP contribution < -0.4 is 11.3 Å². The van der Waals surface area contributed by atoms with E-state index in [0.29, 0.717) is 0 Å². The fourth-order valence-electron chi connectivity index (χ4n) is 0.616. The third-order valence-corrected chi connectivity index (χ3v) is 1.22. The van der Waals surface area contributed by atoms with Crippen molar-refractivity contribution in [3.8, 4) is 0 Å². The molecule has 0 heterocycles. The first-order chi connectivity index (χ1) is 5.16. The Morgan fingerprint density at radius 3 is 1.73 bits per heavy atom. The molecule has 0 aliphatic rings. The zero-order chi connectivity index (χ0) is 8.91. The summed E-state index contributed by atoms with van der Waals surface area (Å²) in [5.41, 5.74) is 1.84. The molecule has 0 rings (SSSR count). The molecule has 66 valence electrons. The second kappa shape index (κ2) is 4.24. The van der Waals surface area contributed by atoms with Gasteiger partial charge in [-0.15, -0.1) is 0 Å². The van der Waals surface area contributed by atoms with Gasteiger partial charge in [-0.2, -0.15) is 0 Å². The maximum Gasteiger partial charge on any atom is 0.368 e. The average molecular weight is 164 g/mol. The molecule has 6 heteroatoms. The lowest BCUT2D eigenvalue weighted by molar-refractivity contribution is -0.326. The SMILES string of the molecule is COC(OC)(OC)C(=O)NN. The molecule has 0 saturated carbocycles. The molecular formula is C5H12N2O4. The number of carbonyl (C=O) groups excluding carboxylic acids is 1. The molecule has 0 aromatic heterocycles. The summed E-state index contributed by atoms with van der Waals surface area (Å²) in [4.78, 5) is 10.9. The zero-order valence-corrected chi connectivity index (χ0v) is 6.71. The number of nitrogens with two attached hydrogens (primary N) is 1. The Kier molecular flexibility index (Phi) is 3.98. The summed E-state index contributed by atoms with van der Waals surface area (Å²) >= 11 is 0. The van der Waals surface area contributed by atoms with E-state index in [0.717, 1.165) is 0 Å². The van der Waals surface area contributed by atoms with Crippen LogP contribution in [-0.2, 0) is 19.0 Å². The Bertz CT molecular complexity index is 126. The summed E-state index contributed by atoms with van der Waals surface area (Å²) in [7, 11) is 3.80. The lowest BCUT2D eigenvalue weighted by Crippen LogP contribution is -2.53. The standard InChI is InChI=1S/C5H12N2O4/c1-9-5(10-2,11-3)4(8)7-6/h6H2,1-3H3,(H,7,8). The molecule has 3 N–H and O–H groups in total. The highest BCUT2D eigenvalue weighted by Gasteiger charge is 2.39. The topological polar surface area (TPSA) is 82.8 Å². The van der Waals surface area contributed by atoms with Crippen molar-refractivity contribution < 1.29 is 19.0 Å². The van der Waals surface area contributed by atoms with E-state index in [1.165, 1.54) is 21.3 Å². The minimum atomic E-state index is -1.74. The van der Waals surface area contributed by atoms with Crippen LogP contribution in [0.15, 0.2) is 0 Å².